The summed E-state index contributed by atoms with van der Waals surface area (Å²) >= 11 is 0. The molecule has 0 saturated carbocycles. The van der Waals surface area contributed by atoms with Crippen LogP contribution in [0.1, 0.15) is 285 Å². The van der Waals surface area contributed by atoms with Crippen LogP contribution in [0, 0.1) is 0 Å². The number of aliphatic hydroxyl groups is 1. The molecule has 0 spiro atoms. The summed E-state index contributed by atoms with van der Waals surface area (Å²) in [6, 6.07) is 0. The number of Topliss-reactive ketones (excluding diaryl/α,β-unsaturated/α-hetero) is 1. The van der Waals surface area contributed by atoms with Gasteiger partial charge in [0, 0.05) is 40.3 Å². The number of rotatable bonds is 59. The summed E-state index contributed by atoms with van der Waals surface area (Å²) in [6.07, 6.45) is 24.4. The predicted molar refractivity (Wildman–Crippen MR) is 343 cm³/mol. The summed E-state index contributed by atoms with van der Waals surface area (Å²) in [4.78, 5) is 81.8. The van der Waals surface area contributed by atoms with Gasteiger partial charge in [0.1, 0.15) is 48.8 Å². The molecule has 2 saturated heterocycles. The Bertz CT molecular complexity index is 1890. The lowest BCUT2D eigenvalue weighted by Gasteiger charge is -2.46. The number of esters is 2. The van der Waals surface area contributed by atoms with Crippen LogP contribution in [0.5, 0.6) is 0 Å². The van der Waals surface area contributed by atoms with E-state index in [2.05, 4.69) is 39.8 Å². The third kappa shape index (κ3) is 41.0. The average molecular weight is 1320 g/mol. The lowest BCUT2D eigenvalue weighted by Crippen LogP contribution is -2.64. The summed E-state index contributed by atoms with van der Waals surface area (Å²) in [6.45, 7) is 7.68. The van der Waals surface area contributed by atoms with Crippen molar-refractivity contribution in [2.45, 2.75) is 352 Å². The molecule has 2 fully saturated rings. The van der Waals surface area contributed by atoms with Gasteiger partial charge in [-0.25, -0.2) is 9.13 Å². The SMILES string of the molecule is CCCCCCC=CCCCCCCCCCC(=O)O[C@H]1[C@H](OC[C@H]2O[C@H](OP(=O)(O)O)[C@H](OC(=O)CC(=O)CCCCCCCCCCC)[C@@H](OCCCCCCCCCC)[C@@H]2O)O[C@H](COC)[C@@H](OP(=O)(O)O)[C@@H]1OCC[C@@H](CCCCCCC)OC. The average Bonchev–Trinajstić information content (AvgIpc) is 0.966. The number of carbonyl (C=O) groups is 3. The third-order valence-corrected chi connectivity index (χ3v) is 17.6. The molecular weight excluding hydrogens is 1190 g/mol. The Morgan fingerprint density at radius 1 is 0.449 bits per heavy atom. The Morgan fingerprint density at radius 2 is 0.899 bits per heavy atom. The van der Waals surface area contributed by atoms with Crippen molar-refractivity contribution >= 4 is 33.4 Å². The summed E-state index contributed by atoms with van der Waals surface area (Å²) in [5.41, 5.74) is 0. The number of aliphatic hydroxyl groups excluding tert-OH is 1. The van der Waals surface area contributed by atoms with Crippen LogP contribution >= 0.6 is 15.6 Å². The zero-order valence-corrected chi connectivity index (χ0v) is 57.6. The van der Waals surface area contributed by atoms with Gasteiger partial charge in [-0.05, 0) is 57.8 Å². The van der Waals surface area contributed by atoms with Gasteiger partial charge in [0.25, 0.3) is 0 Å². The fraction of sp³-hybridized carbons (Fsp3) is 0.924. The van der Waals surface area contributed by atoms with E-state index in [-0.39, 0.29) is 44.5 Å². The van der Waals surface area contributed by atoms with Crippen LogP contribution in [0.2, 0.25) is 0 Å². The van der Waals surface area contributed by atoms with Crippen molar-refractivity contribution in [1.29, 1.82) is 0 Å². The van der Waals surface area contributed by atoms with Gasteiger partial charge >= 0.3 is 27.6 Å². The van der Waals surface area contributed by atoms with Crippen molar-refractivity contribution in [2.75, 3.05) is 40.6 Å². The van der Waals surface area contributed by atoms with E-state index in [1.807, 2.05) is 0 Å². The molecule has 2 rings (SSSR count). The first-order chi connectivity index (χ1) is 42.9. The molecule has 89 heavy (non-hydrogen) atoms. The fourth-order valence-corrected chi connectivity index (χ4v) is 12.5. The van der Waals surface area contributed by atoms with Crippen LogP contribution in [0.25, 0.3) is 0 Å². The molecule has 5 N–H and O–H groups in total. The van der Waals surface area contributed by atoms with Gasteiger partial charge in [-0.3, -0.25) is 23.4 Å². The number of carbonyl (C=O) groups excluding carboxylic acids is 3. The van der Waals surface area contributed by atoms with Gasteiger partial charge in [0.15, 0.2) is 18.5 Å². The van der Waals surface area contributed by atoms with Crippen molar-refractivity contribution in [3.63, 3.8) is 0 Å². The number of methoxy groups -OCH3 is 2. The predicted octanol–water partition coefficient (Wildman–Crippen LogP) is 14.5. The maximum atomic E-state index is 14.0. The highest BCUT2D eigenvalue weighted by molar-refractivity contribution is 7.46. The number of phosphoric ester groups is 2. The molecule has 11 atom stereocenters. The van der Waals surface area contributed by atoms with E-state index in [0.717, 1.165) is 161 Å². The van der Waals surface area contributed by atoms with Crippen molar-refractivity contribution in [2.24, 2.45) is 0 Å². The first-order valence-corrected chi connectivity index (χ1v) is 37.9. The summed E-state index contributed by atoms with van der Waals surface area (Å²) < 4.78 is 90.6. The molecule has 0 amide bonds. The van der Waals surface area contributed by atoms with E-state index < -0.39 is 102 Å². The number of unbranched alkanes of at least 4 members (excludes halogenated alkanes) is 30. The van der Waals surface area contributed by atoms with E-state index >= 15 is 0 Å². The minimum atomic E-state index is -5.44. The Morgan fingerprint density at radius 3 is 1.43 bits per heavy atom. The second-order valence-electron chi connectivity index (χ2n) is 24.6. The first-order valence-electron chi connectivity index (χ1n) is 34.8. The Hall–Kier alpha value is -1.75. The number of ketones is 1. The molecule has 0 aromatic carbocycles. The third-order valence-electron chi connectivity index (χ3n) is 16.6. The van der Waals surface area contributed by atoms with Gasteiger partial charge in [0.2, 0.25) is 6.29 Å². The number of hydrogen-bond acceptors (Lipinski definition) is 17. The van der Waals surface area contributed by atoms with E-state index in [9.17, 15) is 48.2 Å². The van der Waals surface area contributed by atoms with Crippen molar-refractivity contribution in [3.8, 4) is 0 Å². The lowest BCUT2D eigenvalue weighted by atomic mass is 9.97. The molecule has 0 bridgehead atoms. The minimum Gasteiger partial charge on any atom is -0.454 e. The number of allylic oxidation sites excluding steroid dienone is 2. The highest BCUT2D eigenvalue weighted by Crippen LogP contribution is 2.44. The van der Waals surface area contributed by atoms with Gasteiger partial charge in [-0.2, -0.15) is 0 Å². The van der Waals surface area contributed by atoms with Gasteiger partial charge in [-0.1, -0.05) is 220 Å². The molecule has 0 radical (unpaired) electrons. The molecular formula is C66H124O21P2. The topological polar surface area (TPSA) is 288 Å². The summed E-state index contributed by atoms with van der Waals surface area (Å²) in [5.74, 6) is -2.10. The Kier molecular flexibility index (Phi) is 49.2. The van der Waals surface area contributed by atoms with Crippen molar-refractivity contribution in [1.82, 2.24) is 0 Å². The van der Waals surface area contributed by atoms with E-state index in [4.69, 9.17) is 51.7 Å². The summed E-state index contributed by atoms with van der Waals surface area (Å²) in [7, 11) is -7.81. The van der Waals surface area contributed by atoms with E-state index in [1.54, 1.807) is 7.11 Å². The molecule has 2 aliphatic rings. The zero-order valence-electron chi connectivity index (χ0n) is 55.8. The zero-order chi connectivity index (χ0) is 65.4. The molecule has 2 heterocycles. The molecule has 0 aromatic heterocycles. The Balaban J connectivity index is 2.45. The van der Waals surface area contributed by atoms with Crippen LogP contribution in [0.3, 0.4) is 0 Å². The smallest absolute Gasteiger partial charge is 0.454 e. The Labute approximate surface area is 536 Å². The lowest BCUT2D eigenvalue weighted by molar-refractivity contribution is -0.330. The minimum absolute atomic E-state index is 0.0248. The normalized spacial score (nSPS) is 22.9. The highest BCUT2D eigenvalue weighted by Gasteiger charge is 2.55. The van der Waals surface area contributed by atoms with Crippen LogP contribution in [0.15, 0.2) is 12.2 Å². The first kappa shape index (κ1) is 83.3. The molecule has 0 unspecified atom stereocenters. The number of phosphoric acid groups is 2. The van der Waals surface area contributed by atoms with Gasteiger partial charge < -0.3 is 67.3 Å². The van der Waals surface area contributed by atoms with Crippen LogP contribution in [0.4, 0.5) is 0 Å². The van der Waals surface area contributed by atoms with Crippen LogP contribution in [-0.4, -0.2) is 151 Å². The van der Waals surface area contributed by atoms with E-state index in [0.29, 0.717) is 25.7 Å². The molecule has 21 nitrogen and oxygen atoms in total. The second-order valence-corrected chi connectivity index (χ2v) is 26.9. The molecule has 2 aliphatic heterocycles. The number of hydrogen-bond donors (Lipinski definition) is 5. The van der Waals surface area contributed by atoms with E-state index in [1.165, 1.54) is 58.5 Å². The number of ether oxygens (including phenoxy) is 9. The standard InChI is InChI=1S/C66H124O21P2/c1-7-11-15-19-22-25-26-27-28-29-30-32-34-38-42-46-57(68)84-64-62(80-49-47-54(78-6)45-41-36-18-14-10-4)60(86-88(71,72)73)56(51-77-5)83-65(64)81-52-55-59(70)61(79-48-43-39-35-24-21-17-13-9-3)63(66(82-55)87-89(74,75)76)85-58(69)50-53(67)44-40-37-33-31-23-20-16-12-8-2/h25-26,54-56,59-66,70H,7-24,27-52H2,1-6H3,(H2,71,72,73)(H2,74,75,76)/t54-,55-,56-,59-,60-,61+,62+,63-,64-,65-,66-/m1/s1. The van der Waals surface area contributed by atoms with Crippen LogP contribution in [-0.2, 0) is 75.2 Å². The maximum Gasteiger partial charge on any atom is 0.472 e. The molecule has 0 aliphatic carbocycles. The largest absolute Gasteiger partial charge is 0.472 e. The molecule has 0 aromatic rings. The molecule has 23 heteroatoms. The van der Waals surface area contributed by atoms with Gasteiger partial charge in [-0.15, -0.1) is 0 Å². The summed E-state index contributed by atoms with van der Waals surface area (Å²) in [5, 5.41) is 12.2. The highest BCUT2D eigenvalue weighted by atomic mass is 31.2. The van der Waals surface area contributed by atoms with Gasteiger partial charge in [0.05, 0.1) is 19.3 Å². The van der Waals surface area contributed by atoms with Crippen molar-refractivity contribution in [3.05, 3.63) is 12.2 Å². The quantitative estimate of drug-likeness (QED) is 0.0124. The fourth-order valence-electron chi connectivity index (χ4n) is 11.4. The van der Waals surface area contributed by atoms with Crippen molar-refractivity contribution < 1.29 is 99.9 Å². The second kappa shape index (κ2) is 52.5. The van der Waals surface area contributed by atoms with Crippen LogP contribution < -0.4 is 0 Å². The maximum absolute atomic E-state index is 14.0. The molecule has 524 valence electrons. The monoisotopic (exact) mass is 1310 g/mol.